The monoisotopic (exact) mass is 585 g/mol. The number of carbonyl (C=O) groups excluding carboxylic acids is 2. The van der Waals surface area contributed by atoms with Crippen molar-refractivity contribution in [3.05, 3.63) is 91.9 Å². The number of ether oxygens (including phenoxy) is 1. The summed E-state index contributed by atoms with van der Waals surface area (Å²) in [6.07, 6.45) is -0.211. The molecule has 2 aliphatic heterocycles. The summed E-state index contributed by atoms with van der Waals surface area (Å²) in [4.78, 5) is 30.9. The fourth-order valence-electron chi connectivity index (χ4n) is 6.74. The van der Waals surface area contributed by atoms with E-state index in [9.17, 15) is 19.8 Å². The van der Waals surface area contributed by atoms with Crippen LogP contribution in [0.2, 0.25) is 0 Å². The Labute approximate surface area is 245 Å². The summed E-state index contributed by atoms with van der Waals surface area (Å²) in [7, 11) is 0. The fourth-order valence-corrected chi connectivity index (χ4v) is 7.07. The number of cyclic esters (lactones) is 1. The van der Waals surface area contributed by atoms with Crippen molar-refractivity contribution in [3.8, 4) is 11.4 Å². The molecule has 4 aromatic rings. The highest BCUT2D eigenvalue weighted by Gasteiger charge is 2.45. The molecule has 0 bridgehead atoms. The van der Waals surface area contributed by atoms with E-state index in [1.54, 1.807) is 44.2 Å². The summed E-state index contributed by atoms with van der Waals surface area (Å²) in [5.74, 6) is -1.61. The first-order chi connectivity index (χ1) is 20.1. The number of esters is 1. The fraction of sp³-hybridized carbons (Fsp3) is 0.312. The van der Waals surface area contributed by atoms with Gasteiger partial charge >= 0.3 is 5.97 Å². The number of pyridine rings is 2. The first kappa shape index (κ1) is 26.9. The molecule has 0 radical (unpaired) electrons. The summed E-state index contributed by atoms with van der Waals surface area (Å²) in [5.41, 5.74) is 4.27. The maximum atomic E-state index is 15.1. The Morgan fingerprint density at radius 2 is 2.02 bits per heavy atom. The van der Waals surface area contributed by atoms with Gasteiger partial charge in [-0.2, -0.15) is 0 Å². The van der Waals surface area contributed by atoms with Crippen molar-refractivity contribution >= 4 is 35.0 Å². The highest BCUT2D eigenvalue weighted by Crippen LogP contribution is 2.47. The van der Waals surface area contributed by atoms with Gasteiger partial charge < -0.3 is 24.8 Å². The van der Waals surface area contributed by atoms with Crippen LogP contribution in [0.1, 0.15) is 70.9 Å². The zero-order valence-electron chi connectivity index (χ0n) is 23.0. The van der Waals surface area contributed by atoms with Gasteiger partial charge in [0, 0.05) is 28.1 Å². The molecular formula is C32H28FN3O5S. The zero-order valence-corrected chi connectivity index (χ0v) is 23.8. The van der Waals surface area contributed by atoms with E-state index in [-0.39, 0.29) is 18.8 Å². The number of aryl methyl sites for hydroxylation is 1. The van der Waals surface area contributed by atoms with Crippen LogP contribution in [0.25, 0.3) is 22.3 Å². The average Bonchev–Trinajstić information content (AvgIpc) is 3.37. The van der Waals surface area contributed by atoms with Crippen LogP contribution in [0.3, 0.4) is 0 Å². The number of nitrogens with one attached hydrogen (secondary N) is 1. The van der Waals surface area contributed by atoms with Gasteiger partial charge in [-0.15, -0.1) is 0 Å². The van der Waals surface area contributed by atoms with Gasteiger partial charge in [0.15, 0.2) is 11.7 Å². The van der Waals surface area contributed by atoms with E-state index in [0.29, 0.717) is 63.2 Å². The lowest BCUT2D eigenvalue weighted by molar-refractivity contribution is -0.172. The number of halogens is 1. The number of benzene rings is 2. The van der Waals surface area contributed by atoms with E-state index in [0.717, 1.165) is 22.1 Å². The summed E-state index contributed by atoms with van der Waals surface area (Å²) < 4.78 is 22.8. The lowest BCUT2D eigenvalue weighted by Gasteiger charge is -2.32. The Morgan fingerprint density at radius 1 is 1.26 bits per heavy atom. The molecule has 3 N–H and O–H groups in total. The predicted octanol–water partition coefficient (Wildman–Crippen LogP) is 4.73. The molecule has 0 unspecified atom stereocenters. The molecule has 3 atom stereocenters. The number of hydrogen-bond acceptors (Lipinski definition) is 7. The van der Waals surface area contributed by atoms with E-state index >= 15 is 4.39 Å². The minimum atomic E-state index is -1.84. The first-order valence-corrected chi connectivity index (χ1v) is 14.4. The molecule has 8 nitrogen and oxygen atoms in total. The molecule has 10 heteroatoms. The minimum Gasteiger partial charge on any atom is -0.458 e. The molecule has 1 amide bonds. The number of carbonyl (C=O) groups is 2. The Kier molecular flexibility index (Phi) is 6.09. The Bertz CT molecular complexity index is 1910. The van der Waals surface area contributed by atoms with Gasteiger partial charge in [-0.3, -0.25) is 4.79 Å². The number of aliphatic hydroxyl groups excluding tert-OH is 1. The van der Waals surface area contributed by atoms with Crippen LogP contribution in [-0.2, 0) is 39.5 Å². The number of rotatable bonds is 4. The Hall–Kier alpha value is -3.99. The van der Waals surface area contributed by atoms with Gasteiger partial charge in [-0.1, -0.05) is 49.5 Å². The largest absolute Gasteiger partial charge is 0.458 e. The molecule has 2 aromatic carbocycles. The van der Waals surface area contributed by atoms with Crippen molar-refractivity contribution in [3.63, 3.8) is 0 Å². The van der Waals surface area contributed by atoms with Crippen molar-refractivity contribution in [2.75, 3.05) is 0 Å². The first-order valence-electron chi connectivity index (χ1n) is 14.0. The van der Waals surface area contributed by atoms with Crippen LogP contribution >= 0.6 is 12.2 Å². The van der Waals surface area contributed by atoms with Gasteiger partial charge in [-0.25, -0.2) is 14.2 Å². The second kappa shape index (κ2) is 9.52. The van der Waals surface area contributed by atoms with Gasteiger partial charge in [0.1, 0.15) is 17.1 Å². The maximum absolute atomic E-state index is 15.1. The molecule has 0 fully saturated rings. The molecule has 7 rings (SSSR count). The molecule has 1 aliphatic carbocycles. The highest BCUT2D eigenvalue weighted by molar-refractivity contribution is 7.71. The summed E-state index contributed by atoms with van der Waals surface area (Å²) >= 11 is 5.87. The van der Waals surface area contributed by atoms with Gasteiger partial charge in [-0.05, 0) is 54.5 Å². The summed E-state index contributed by atoms with van der Waals surface area (Å²) in [6, 6.07) is 11.4. The smallest absolute Gasteiger partial charge is 0.343 e. The number of fused-ring (bicyclic) bond motifs is 5. The van der Waals surface area contributed by atoms with Crippen LogP contribution in [0.5, 0.6) is 0 Å². The Morgan fingerprint density at radius 3 is 2.76 bits per heavy atom. The molecule has 0 saturated heterocycles. The summed E-state index contributed by atoms with van der Waals surface area (Å²) in [5, 5.41) is 26.0. The van der Waals surface area contributed by atoms with Crippen molar-refractivity contribution in [1.82, 2.24) is 14.9 Å². The quantitative estimate of drug-likeness (QED) is 0.206. The predicted molar refractivity (Wildman–Crippen MR) is 154 cm³/mol. The van der Waals surface area contributed by atoms with E-state index in [4.69, 9.17) is 21.9 Å². The van der Waals surface area contributed by atoms with Crippen molar-refractivity contribution < 1.29 is 28.9 Å². The number of aliphatic hydroxyl groups is 2. The number of amides is 1. The molecule has 0 spiro atoms. The standard InChI is InChI=1S/C32H28FN3O5S/c1-3-32(40)20-11-24-27-18(13-36(24)30(42)19(20)14-41-31(32)39)26-22(35-29(38)28(37)16-7-5-4-6-8-16)10-9-17-15(2)21(33)12-23(34-27)25(17)26/h4-8,11-12,22,28,37,40H,3,9-10,13-14H2,1-2H3,(H,35,38)/t22-,28-,32+/m1/s1. The van der Waals surface area contributed by atoms with E-state index in [1.165, 1.54) is 6.07 Å². The topological polar surface area (TPSA) is 114 Å². The van der Waals surface area contributed by atoms with Crippen LogP contribution in [0.4, 0.5) is 4.39 Å². The van der Waals surface area contributed by atoms with Gasteiger partial charge in [0.05, 0.1) is 29.5 Å². The molecule has 2 aromatic heterocycles. The van der Waals surface area contributed by atoms with Gasteiger partial charge in [0.2, 0.25) is 0 Å². The van der Waals surface area contributed by atoms with E-state index in [1.807, 2.05) is 10.6 Å². The maximum Gasteiger partial charge on any atom is 0.343 e. The SMILES string of the molecule is CC[C@@]1(O)C(=O)OCc2c1cc1n(c2=S)Cc2c-1nc1cc(F)c(C)c3c1c2[C@H](NC(=O)[C@H](O)c1ccccc1)CC3. The highest BCUT2D eigenvalue weighted by atomic mass is 32.1. The van der Waals surface area contributed by atoms with Crippen molar-refractivity contribution in [2.45, 2.75) is 64.0 Å². The number of nitrogens with zero attached hydrogens (tertiary/aromatic N) is 2. The third-order valence-electron chi connectivity index (χ3n) is 9.06. The number of aromatic nitrogens is 2. The zero-order chi connectivity index (χ0) is 29.5. The van der Waals surface area contributed by atoms with Crippen LogP contribution in [0, 0.1) is 17.4 Å². The third kappa shape index (κ3) is 3.71. The molecule has 3 aliphatic rings. The molecule has 214 valence electrons. The summed E-state index contributed by atoms with van der Waals surface area (Å²) in [6.45, 7) is 3.75. The normalized spacial score (nSPS) is 20.9. The van der Waals surface area contributed by atoms with Crippen LogP contribution < -0.4 is 5.32 Å². The second-order valence-electron chi connectivity index (χ2n) is 11.2. The molecule has 0 saturated carbocycles. The van der Waals surface area contributed by atoms with Crippen molar-refractivity contribution in [2.24, 2.45) is 0 Å². The molecule has 4 heterocycles. The molecular weight excluding hydrogens is 557 g/mol. The van der Waals surface area contributed by atoms with Crippen molar-refractivity contribution in [1.29, 1.82) is 0 Å². The van der Waals surface area contributed by atoms with Gasteiger partial charge in [0.25, 0.3) is 5.91 Å². The molecule has 42 heavy (non-hydrogen) atoms. The third-order valence-corrected chi connectivity index (χ3v) is 9.52. The van der Waals surface area contributed by atoms with Crippen LogP contribution in [0.15, 0.2) is 42.5 Å². The Balaban J connectivity index is 1.42. The average molecular weight is 586 g/mol. The number of hydrogen-bond donors (Lipinski definition) is 3. The van der Waals surface area contributed by atoms with E-state index < -0.39 is 29.6 Å². The lowest BCUT2D eigenvalue weighted by Crippen LogP contribution is -2.41. The second-order valence-corrected chi connectivity index (χ2v) is 11.6. The van der Waals surface area contributed by atoms with E-state index in [2.05, 4.69) is 5.32 Å². The van der Waals surface area contributed by atoms with Crippen LogP contribution in [-0.4, -0.2) is 31.6 Å². The minimum absolute atomic E-state index is 0.0428. The lowest BCUT2D eigenvalue weighted by atomic mass is 9.81.